The number of unbranched alkanes of at least 4 members (excludes halogenated alkanes) is 1. The number of nitrogens with two attached hydrogens (primary N) is 1. The van der Waals surface area contributed by atoms with Gasteiger partial charge in [0.2, 0.25) is 5.91 Å². The molecule has 0 fully saturated rings. The summed E-state index contributed by atoms with van der Waals surface area (Å²) in [4.78, 5) is 35.9. The first-order valence-corrected chi connectivity index (χ1v) is 11.3. The van der Waals surface area contributed by atoms with E-state index in [4.69, 9.17) is 10.5 Å². The van der Waals surface area contributed by atoms with Crippen molar-refractivity contribution in [3.63, 3.8) is 0 Å². The zero-order valence-corrected chi connectivity index (χ0v) is 19.5. The van der Waals surface area contributed by atoms with Crippen molar-refractivity contribution < 1.29 is 24.2 Å². The minimum Gasteiger partial charge on any atom is -0.508 e. The van der Waals surface area contributed by atoms with E-state index in [0.717, 1.165) is 10.8 Å². The summed E-state index contributed by atoms with van der Waals surface area (Å²) in [5.74, 6) is -1.13. The van der Waals surface area contributed by atoms with Gasteiger partial charge < -0.3 is 26.2 Å². The summed E-state index contributed by atoms with van der Waals surface area (Å²) in [6.07, 6.45) is 2.61. The molecule has 184 valence electrons. The van der Waals surface area contributed by atoms with E-state index in [1.165, 1.54) is 18.2 Å². The number of hydrogen-bond acceptors (Lipinski definition) is 6. The van der Waals surface area contributed by atoms with E-state index in [9.17, 15) is 24.8 Å². The molecular formula is C27H26N4O5. The predicted octanol–water partition coefficient (Wildman–Crippen LogP) is 2.64. The lowest BCUT2D eigenvalue weighted by Crippen LogP contribution is -2.33. The number of ether oxygens (including phenoxy) is 1. The lowest BCUT2D eigenvalue weighted by molar-refractivity contribution is -0.117. The van der Waals surface area contributed by atoms with Crippen LogP contribution >= 0.6 is 0 Å². The number of nitriles is 1. The highest BCUT2D eigenvalue weighted by Gasteiger charge is 2.15. The molecule has 3 amide bonds. The van der Waals surface area contributed by atoms with Gasteiger partial charge in [-0.1, -0.05) is 36.4 Å². The number of carbonyl (C=O) groups is 3. The molecule has 0 atom stereocenters. The minimum atomic E-state index is -0.647. The number of rotatable bonds is 11. The number of aromatic hydroxyl groups is 1. The van der Waals surface area contributed by atoms with Gasteiger partial charge in [0.1, 0.15) is 23.1 Å². The fraction of sp³-hybridized carbons (Fsp3) is 0.185. The third kappa shape index (κ3) is 7.33. The molecule has 36 heavy (non-hydrogen) atoms. The Morgan fingerprint density at radius 2 is 1.69 bits per heavy atom. The van der Waals surface area contributed by atoms with Crippen molar-refractivity contribution in [2.24, 2.45) is 5.73 Å². The Labute approximate surface area is 208 Å². The van der Waals surface area contributed by atoms with E-state index in [0.29, 0.717) is 42.9 Å². The SMILES string of the molecule is N#C/C(=C\c1ccc(O)cc1)C(=O)NCCCCOc1cc2ccccc2cc1C(=O)NCC(N)=O. The van der Waals surface area contributed by atoms with E-state index in [1.54, 1.807) is 24.3 Å². The van der Waals surface area contributed by atoms with Gasteiger partial charge in [0.05, 0.1) is 18.7 Å². The minimum absolute atomic E-state index is 0.0419. The van der Waals surface area contributed by atoms with Gasteiger partial charge in [-0.05, 0) is 59.5 Å². The molecule has 0 saturated heterocycles. The third-order valence-electron chi connectivity index (χ3n) is 5.20. The normalized spacial score (nSPS) is 10.9. The van der Waals surface area contributed by atoms with Crippen molar-refractivity contribution in [3.8, 4) is 17.6 Å². The Morgan fingerprint density at radius 3 is 2.36 bits per heavy atom. The Kier molecular flexibility index (Phi) is 9.00. The number of nitrogens with zero attached hydrogens (tertiary/aromatic N) is 1. The van der Waals surface area contributed by atoms with Crippen LogP contribution in [0.25, 0.3) is 16.8 Å². The van der Waals surface area contributed by atoms with Crippen LogP contribution in [-0.2, 0) is 9.59 Å². The summed E-state index contributed by atoms with van der Waals surface area (Å²) < 4.78 is 5.86. The summed E-state index contributed by atoms with van der Waals surface area (Å²) in [7, 11) is 0. The highest BCUT2D eigenvalue weighted by atomic mass is 16.5. The molecule has 0 aliphatic carbocycles. The van der Waals surface area contributed by atoms with Crippen LogP contribution < -0.4 is 21.1 Å². The first-order chi connectivity index (χ1) is 17.4. The van der Waals surface area contributed by atoms with Gasteiger partial charge in [-0.3, -0.25) is 14.4 Å². The van der Waals surface area contributed by atoms with E-state index >= 15 is 0 Å². The largest absolute Gasteiger partial charge is 0.508 e. The van der Waals surface area contributed by atoms with Crippen LogP contribution in [-0.4, -0.2) is 42.5 Å². The van der Waals surface area contributed by atoms with Crippen LogP contribution in [0.2, 0.25) is 0 Å². The van der Waals surface area contributed by atoms with Crippen molar-refractivity contribution in [3.05, 3.63) is 77.4 Å². The molecule has 0 aliphatic heterocycles. The number of benzene rings is 3. The molecule has 9 nitrogen and oxygen atoms in total. The van der Waals surface area contributed by atoms with E-state index < -0.39 is 17.7 Å². The molecule has 0 aliphatic rings. The second kappa shape index (κ2) is 12.6. The molecule has 3 aromatic carbocycles. The fourth-order valence-corrected chi connectivity index (χ4v) is 3.37. The summed E-state index contributed by atoms with van der Waals surface area (Å²) in [6.45, 7) is 0.343. The number of phenolic OH excluding ortho intramolecular Hbond substituents is 1. The Balaban J connectivity index is 1.54. The molecule has 0 unspecified atom stereocenters. The van der Waals surface area contributed by atoms with E-state index in [1.807, 2.05) is 30.3 Å². The third-order valence-corrected chi connectivity index (χ3v) is 5.20. The van der Waals surface area contributed by atoms with Crippen LogP contribution in [0.15, 0.2) is 66.2 Å². The van der Waals surface area contributed by atoms with Crippen molar-refractivity contribution in [2.45, 2.75) is 12.8 Å². The van der Waals surface area contributed by atoms with Gasteiger partial charge >= 0.3 is 0 Å². The summed E-state index contributed by atoms with van der Waals surface area (Å²) in [5.41, 5.74) is 6.00. The molecule has 3 rings (SSSR count). The summed E-state index contributed by atoms with van der Waals surface area (Å²) >= 11 is 0. The van der Waals surface area contributed by atoms with Crippen LogP contribution in [0.1, 0.15) is 28.8 Å². The average molecular weight is 487 g/mol. The summed E-state index contributed by atoms with van der Waals surface area (Å²) in [5, 5.41) is 25.6. The zero-order valence-electron chi connectivity index (χ0n) is 19.5. The highest BCUT2D eigenvalue weighted by Crippen LogP contribution is 2.26. The Morgan fingerprint density at radius 1 is 1.00 bits per heavy atom. The number of hydrogen-bond donors (Lipinski definition) is 4. The van der Waals surface area contributed by atoms with Gasteiger partial charge in [-0.15, -0.1) is 0 Å². The van der Waals surface area contributed by atoms with Gasteiger partial charge in [0.15, 0.2) is 0 Å². The second-order valence-corrected chi connectivity index (χ2v) is 7.92. The topological polar surface area (TPSA) is 155 Å². The molecule has 9 heteroatoms. The number of fused-ring (bicyclic) bond motifs is 1. The van der Waals surface area contributed by atoms with Crippen molar-refractivity contribution >= 4 is 34.6 Å². The van der Waals surface area contributed by atoms with Gasteiger partial charge in [-0.25, -0.2) is 0 Å². The lowest BCUT2D eigenvalue weighted by atomic mass is 10.1. The molecule has 3 aromatic rings. The highest BCUT2D eigenvalue weighted by molar-refractivity contribution is 6.03. The summed E-state index contributed by atoms with van der Waals surface area (Å²) in [6, 6.07) is 19.0. The van der Waals surface area contributed by atoms with E-state index in [-0.39, 0.29) is 17.9 Å². The van der Waals surface area contributed by atoms with Crippen molar-refractivity contribution in [1.82, 2.24) is 10.6 Å². The van der Waals surface area contributed by atoms with Crippen LogP contribution in [0, 0.1) is 11.3 Å². The second-order valence-electron chi connectivity index (χ2n) is 7.92. The number of primary amides is 1. The molecule has 0 bridgehead atoms. The fourth-order valence-electron chi connectivity index (χ4n) is 3.37. The first kappa shape index (κ1) is 25.8. The molecule has 0 spiro atoms. The van der Waals surface area contributed by atoms with Crippen molar-refractivity contribution in [1.29, 1.82) is 5.26 Å². The van der Waals surface area contributed by atoms with Crippen LogP contribution in [0.3, 0.4) is 0 Å². The molecule has 5 N–H and O–H groups in total. The standard InChI is InChI=1S/C27H26N4O5/c28-16-21(13-18-7-9-22(32)10-8-18)26(34)30-11-3-4-12-36-24-15-20-6-2-1-5-19(20)14-23(24)27(35)31-17-25(29)33/h1-2,5-10,13-15,32H,3-4,11-12,17H2,(H2,29,33)(H,30,34)(H,31,35)/b21-13+. The maximum Gasteiger partial charge on any atom is 0.261 e. The lowest BCUT2D eigenvalue weighted by Gasteiger charge is -2.13. The van der Waals surface area contributed by atoms with Crippen LogP contribution in [0.5, 0.6) is 11.5 Å². The molecular weight excluding hydrogens is 460 g/mol. The predicted molar refractivity (Wildman–Crippen MR) is 135 cm³/mol. The van der Waals surface area contributed by atoms with Crippen molar-refractivity contribution in [2.75, 3.05) is 19.7 Å². The van der Waals surface area contributed by atoms with E-state index in [2.05, 4.69) is 10.6 Å². The molecule has 0 aromatic heterocycles. The van der Waals surface area contributed by atoms with Gasteiger partial charge in [-0.2, -0.15) is 5.26 Å². The maximum absolute atomic E-state index is 12.6. The first-order valence-electron chi connectivity index (χ1n) is 11.3. The average Bonchev–Trinajstić information content (AvgIpc) is 2.88. The number of carbonyl (C=O) groups excluding carboxylic acids is 3. The number of phenols is 1. The molecule has 0 radical (unpaired) electrons. The molecule has 0 saturated carbocycles. The Hall–Kier alpha value is -4.84. The van der Waals surface area contributed by atoms with Crippen LogP contribution in [0.4, 0.5) is 0 Å². The number of nitrogens with one attached hydrogen (secondary N) is 2. The van der Waals surface area contributed by atoms with Gasteiger partial charge in [0, 0.05) is 6.54 Å². The number of amides is 3. The maximum atomic E-state index is 12.6. The molecule has 0 heterocycles. The Bertz CT molecular complexity index is 1330. The van der Waals surface area contributed by atoms with Gasteiger partial charge in [0.25, 0.3) is 11.8 Å². The smallest absolute Gasteiger partial charge is 0.261 e. The zero-order chi connectivity index (χ0) is 25.9. The monoisotopic (exact) mass is 486 g/mol. The quantitative estimate of drug-likeness (QED) is 0.186.